The molecule has 7 nitrogen and oxygen atoms in total. The Balaban J connectivity index is 1.42. The largest absolute Gasteiger partial charge is 0.375 e. The second-order valence-electron chi connectivity index (χ2n) is 8.33. The number of aromatic nitrogens is 4. The predicted octanol–water partition coefficient (Wildman–Crippen LogP) is 4.70. The van der Waals surface area contributed by atoms with Crippen molar-refractivity contribution in [3.63, 3.8) is 0 Å². The number of nitrogens with one attached hydrogen (secondary N) is 2. The molecule has 8 heteroatoms. The maximum absolute atomic E-state index is 6.20. The van der Waals surface area contributed by atoms with Crippen molar-refractivity contribution in [2.45, 2.75) is 26.4 Å². The summed E-state index contributed by atoms with van der Waals surface area (Å²) in [5, 5.41) is 9.18. The van der Waals surface area contributed by atoms with Crippen molar-refractivity contribution in [3.05, 3.63) is 41.4 Å². The monoisotopic (exact) mass is 452 g/mol. The second kappa shape index (κ2) is 9.10. The number of nitrogens with zero attached hydrogens (tertiary/aromatic N) is 4. The standard InChI is InChI=1S/C24H29ClN6O/c1-3-30(4-2)14-18-15-31(10-5-11-32-18)17-7-9-21-22(13-17)27-24(26-21)23-19-12-16(25)6-8-20(19)28-29-23/h6-9,12-13,18H,3-5,10-11,14-15H2,1-2H3,(H,26,27)(H,28,29). The number of fused-ring (bicyclic) bond motifs is 2. The average molecular weight is 453 g/mol. The zero-order valence-electron chi connectivity index (χ0n) is 18.6. The van der Waals surface area contributed by atoms with Crippen LogP contribution in [0.15, 0.2) is 36.4 Å². The normalized spacial score (nSPS) is 17.5. The van der Waals surface area contributed by atoms with Crippen molar-refractivity contribution in [1.82, 2.24) is 25.1 Å². The number of hydrogen-bond acceptors (Lipinski definition) is 5. The highest BCUT2D eigenvalue weighted by atomic mass is 35.5. The first-order valence-corrected chi connectivity index (χ1v) is 11.7. The molecule has 0 amide bonds. The van der Waals surface area contributed by atoms with E-state index in [2.05, 4.69) is 57.0 Å². The minimum atomic E-state index is 0.214. The fourth-order valence-corrected chi connectivity index (χ4v) is 4.66. The molecule has 32 heavy (non-hydrogen) atoms. The first-order valence-electron chi connectivity index (χ1n) is 11.4. The first kappa shape index (κ1) is 21.2. The van der Waals surface area contributed by atoms with Gasteiger partial charge in [0.05, 0.1) is 22.7 Å². The van der Waals surface area contributed by atoms with Gasteiger partial charge in [0.25, 0.3) is 0 Å². The van der Waals surface area contributed by atoms with E-state index in [0.717, 1.165) is 79.2 Å². The lowest BCUT2D eigenvalue weighted by Crippen LogP contribution is -2.40. The molecule has 1 fully saturated rings. The Kier molecular flexibility index (Phi) is 6.04. The van der Waals surface area contributed by atoms with Crippen LogP contribution in [-0.4, -0.2) is 70.5 Å². The van der Waals surface area contributed by atoms with E-state index in [1.165, 1.54) is 5.69 Å². The number of H-pyrrole nitrogens is 2. The molecule has 0 bridgehead atoms. The topological polar surface area (TPSA) is 73.1 Å². The number of rotatable bonds is 6. The third-order valence-corrected chi connectivity index (χ3v) is 6.52. The predicted molar refractivity (Wildman–Crippen MR) is 131 cm³/mol. The molecule has 5 rings (SSSR count). The summed E-state index contributed by atoms with van der Waals surface area (Å²) in [6, 6.07) is 12.1. The van der Waals surface area contributed by atoms with E-state index >= 15 is 0 Å². The third-order valence-electron chi connectivity index (χ3n) is 6.29. The van der Waals surface area contributed by atoms with Gasteiger partial charge >= 0.3 is 0 Å². The molecule has 0 aliphatic carbocycles. The minimum absolute atomic E-state index is 0.214. The van der Waals surface area contributed by atoms with Crippen LogP contribution < -0.4 is 4.90 Å². The van der Waals surface area contributed by atoms with Gasteiger partial charge in [0.1, 0.15) is 5.69 Å². The number of ether oxygens (including phenoxy) is 1. The highest BCUT2D eigenvalue weighted by Crippen LogP contribution is 2.30. The third kappa shape index (κ3) is 4.20. The van der Waals surface area contributed by atoms with Gasteiger partial charge in [-0.05, 0) is 55.9 Å². The number of hydrogen-bond donors (Lipinski definition) is 2. The Bertz CT molecular complexity index is 1210. The molecule has 2 N–H and O–H groups in total. The van der Waals surface area contributed by atoms with Gasteiger partial charge in [0.15, 0.2) is 5.82 Å². The van der Waals surface area contributed by atoms with Gasteiger partial charge in [0, 0.05) is 42.3 Å². The molecule has 168 valence electrons. The van der Waals surface area contributed by atoms with Crippen LogP contribution in [0.2, 0.25) is 5.02 Å². The fraction of sp³-hybridized carbons (Fsp3) is 0.417. The van der Waals surface area contributed by atoms with E-state index in [0.29, 0.717) is 5.02 Å². The van der Waals surface area contributed by atoms with Gasteiger partial charge in [-0.2, -0.15) is 5.10 Å². The van der Waals surface area contributed by atoms with Crippen LogP contribution in [0, 0.1) is 0 Å². The molecule has 1 atom stereocenters. The smallest absolute Gasteiger partial charge is 0.159 e. The number of aromatic amines is 2. The molecule has 3 heterocycles. The number of likely N-dealkylation sites (N-methyl/N-ethyl adjacent to an activating group) is 1. The average Bonchev–Trinajstić information content (AvgIpc) is 3.33. The molecule has 2 aromatic heterocycles. The van der Waals surface area contributed by atoms with Gasteiger partial charge in [-0.25, -0.2) is 4.98 Å². The van der Waals surface area contributed by atoms with Crippen molar-refractivity contribution in [3.8, 4) is 11.5 Å². The molecule has 0 radical (unpaired) electrons. The van der Waals surface area contributed by atoms with Crippen molar-refractivity contribution in [1.29, 1.82) is 0 Å². The lowest BCUT2D eigenvalue weighted by Gasteiger charge is -2.29. The summed E-state index contributed by atoms with van der Waals surface area (Å²) < 4.78 is 6.15. The first-order chi connectivity index (χ1) is 15.6. The molecule has 1 aliphatic heterocycles. The van der Waals surface area contributed by atoms with E-state index in [1.54, 1.807) is 0 Å². The molecule has 1 saturated heterocycles. The highest BCUT2D eigenvalue weighted by Gasteiger charge is 2.21. The van der Waals surface area contributed by atoms with Gasteiger partial charge in [0.2, 0.25) is 0 Å². The quantitative estimate of drug-likeness (QED) is 0.443. The molecule has 0 saturated carbocycles. The molecular weight excluding hydrogens is 424 g/mol. The van der Waals surface area contributed by atoms with Crippen LogP contribution in [0.1, 0.15) is 20.3 Å². The SMILES string of the molecule is CCN(CC)CC1CN(c2ccc3nc(-c4n[nH]c5ccc(Cl)cc45)[nH]c3c2)CCCO1. The number of imidazole rings is 1. The van der Waals surface area contributed by atoms with Gasteiger partial charge in [-0.3, -0.25) is 5.10 Å². The summed E-state index contributed by atoms with van der Waals surface area (Å²) in [6.07, 6.45) is 1.24. The second-order valence-corrected chi connectivity index (χ2v) is 8.76. The molecule has 1 aliphatic rings. The van der Waals surface area contributed by atoms with Crippen LogP contribution >= 0.6 is 11.6 Å². The van der Waals surface area contributed by atoms with Crippen molar-refractivity contribution in [2.24, 2.45) is 0 Å². The van der Waals surface area contributed by atoms with Crippen LogP contribution in [0.3, 0.4) is 0 Å². The minimum Gasteiger partial charge on any atom is -0.375 e. The van der Waals surface area contributed by atoms with E-state index in [9.17, 15) is 0 Å². The van der Waals surface area contributed by atoms with E-state index < -0.39 is 0 Å². The summed E-state index contributed by atoms with van der Waals surface area (Å²) in [4.78, 5) is 13.1. The number of halogens is 1. The Morgan fingerprint density at radius 2 is 2.03 bits per heavy atom. The summed E-state index contributed by atoms with van der Waals surface area (Å²) >= 11 is 6.20. The zero-order valence-corrected chi connectivity index (χ0v) is 19.3. The van der Waals surface area contributed by atoms with Crippen molar-refractivity contribution < 1.29 is 4.74 Å². The van der Waals surface area contributed by atoms with Crippen LogP contribution in [-0.2, 0) is 4.74 Å². The fourth-order valence-electron chi connectivity index (χ4n) is 4.48. The van der Waals surface area contributed by atoms with E-state index in [4.69, 9.17) is 21.3 Å². The van der Waals surface area contributed by atoms with Crippen molar-refractivity contribution >= 4 is 39.2 Å². The summed E-state index contributed by atoms with van der Waals surface area (Å²) in [6.45, 7) is 10.2. The summed E-state index contributed by atoms with van der Waals surface area (Å²) in [5.74, 6) is 0.740. The maximum atomic E-state index is 6.20. The Morgan fingerprint density at radius 3 is 2.88 bits per heavy atom. The zero-order chi connectivity index (χ0) is 22.1. The van der Waals surface area contributed by atoms with Gasteiger partial charge in [-0.1, -0.05) is 25.4 Å². The lowest BCUT2D eigenvalue weighted by molar-refractivity contribution is 0.0420. The highest BCUT2D eigenvalue weighted by molar-refractivity contribution is 6.31. The number of anilines is 1. The Hall–Kier alpha value is -2.61. The molecule has 1 unspecified atom stereocenters. The Labute approximate surface area is 192 Å². The van der Waals surface area contributed by atoms with E-state index in [-0.39, 0.29) is 6.10 Å². The van der Waals surface area contributed by atoms with Crippen molar-refractivity contribution in [2.75, 3.05) is 44.2 Å². The summed E-state index contributed by atoms with van der Waals surface area (Å²) in [7, 11) is 0. The Morgan fingerprint density at radius 1 is 1.16 bits per heavy atom. The van der Waals surface area contributed by atoms with Crippen LogP contribution in [0.25, 0.3) is 33.5 Å². The maximum Gasteiger partial charge on any atom is 0.159 e. The number of benzene rings is 2. The summed E-state index contributed by atoms with van der Waals surface area (Å²) in [5.41, 5.74) is 4.84. The molecular formula is C24H29ClN6O. The van der Waals surface area contributed by atoms with Gasteiger partial charge < -0.3 is 19.5 Å². The molecule has 0 spiro atoms. The molecule has 4 aromatic rings. The van der Waals surface area contributed by atoms with Crippen LogP contribution in [0.4, 0.5) is 5.69 Å². The van der Waals surface area contributed by atoms with Crippen LogP contribution in [0.5, 0.6) is 0 Å². The van der Waals surface area contributed by atoms with Gasteiger partial charge in [-0.15, -0.1) is 0 Å². The lowest BCUT2D eigenvalue weighted by atomic mass is 10.2. The molecule has 2 aromatic carbocycles. The van der Waals surface area contributed by atoms with E-state index in [1.807, 2.05) is 18.2 Å².